The lowest BCUT2D eigenvalue weighted by molar-refractivity contribution is 0.660. The Morgan fingerprint density at radius 2 is 0.539 bits per heavy atom. The van der Waals surface area contributed by atoms with Crippen molar-refractivity contribution in [3.05, 3.63) is 414 Å². The maximum Gasteiger partial charge on any atom is 0.237 e. The third kappa shape index (κ3) is 9.15. The van der Waals surface area contributed by atoms with E-state index in [1.807, 2.05) is 0 Å². The summed E-state index contributed by atoms with van der Waals surface area (Å²) in [5.74, 6) is 1.35. The fourth-order valence-corrected chi connectivity index (χ4v) is 21.5. The number of nitrogens with zero attached hydrogens (tertiary/aromatic N) is 5. The topological polar surface area (TPSA) is 40.6 Å². The van der Waals surface area contributed by atoms with Crippen molar-refractivity contribution in [2.45, 2.75) is 63.2 Å². The average molecular weight is 1470 g/mol. The molecule has 5 heteroatoms. The van der Waals surface area contributed by atoms with Crippen molar-refractivity contribution in [3.63, 3.8) is 0 Å². The Hall–Kier alpha value is -14.0. The van der Waals surface area contributed by atoms with Crippen molar-refractivity contribution < 1.29 is 0 Å². The van der Waals surface area contributed by atoms with E-state index in [9.17, 15) is 0 Å². The normalized spacial score (nSPS) is 14.6. The van der Waals surface area contributed by atoms with Crippen molar-refractivity contribution in [1.82, 2.24) is 23.7 Å². The van der Waals surface area contributed by atoms with E-state index < -0.39 is 5.41 Å². The van der Waals surface area contributed by atoms with Crippen LogP contribution in [0.3, 0.4) is 0 Å². The summed E-state index contributed by atoms with van der Waals surface area (Å²) in [6, 6.07) is 135. The van der Waals surface area contributed by atoms with E-state index in [1.54, 1.807) is 0 Å². The van der Waals surface area contributed by atoms with Crippen molar-refractivity contribution in [1.29, 1.82) is 0 Å². The van der Waals surface area contributed by atoms with Gasteiger partial charge in [-0.25, -0.2) is 4.98 Å². The molecule has 0 aliphatic heterocycles. The second-order valence-corrected chi connectivity index (χ2v) is 33.9. The van der Waals surface area contributed by atoms with Gasteiger partial charge in [-0.3, -0.25) is 9.13 Å². The van der Waals surface area contributed by atoms with Crippen LogP contribution in [0.4, 0.5) is 0 Å². The largest absolute Gasteiger partial charge is 0.309 e. The van der Waals surface area contributed by atoms with E-state index in [0.29, 0.717) is 5.95 Å². The van der Waals surface area contributed by atoms with Crippen LogP contribution in [0.25, 0.3) is 172 Å². The molecule has 0 atom stereocenters. The molecule has 0 N–H and O–H groups in total. The van der Waals surface area contributed by atoms with E-state index >= 15 is 0 Å². The minimum atomic E-state index is -0.781. The zero-order chi connectivity index (χ0) is 76.5. The Morgan fingerprint density at radius 3 is 1.01 bits per heavy atom. The highest BCUT2D eigenvalue weighted by atomic mass is 15.2. The summed E-state index contributed by atoms with van der Waals surface area (Å²) < 4.78 is 7.20. The lowest BCUT2D eigenvalue weighted by atomic mass is 9.67. The molecule has 4 aliphatic rings. The summed E-state index contributed by atoms with van der Waals surface area (Å²) in [6.07, 6.45) is 0. The van der Waals surface area contributed by atoms with Crippen LogP contribution in [0.5, 0.6) is 0 Å². The van der Waals surface area contributed by atoms with Gasteiger partial charge < -0.3 is 4.57 Å². The van der Waals surface area contributed by atoms with Gasteiger partial charge in [0, 0.05) is 65.9 Å². The molecule has 4 aliphatic carbocycles. The molecule has 542 valence electrons. The summed E-state index contributed by atoms with van der Waals surface area (Å²) in [5.41, 5.74) is 38.8. The lowest BCUT2D eigenvalue weighted by Gasteiger charge is -2.34. The van der Waals surface area contributed by atoms with Gasteiger partial charge in [0.05, 0.1) is 44.2 Å². The predicted molar refractivity (Wildman–Crippen MR) is 477 cm³/mol. The van der Waals surface area contributed by atoms with Gasteiger partial charge >= 0.3 is 0 Å². The zero-order valence-electron chi connectivity index (χ0n) is 64.8. The van der Waals surface area contributed by atoms with Gasteiger partial charge in [0.1, 0.15) is 5.82 Å². The van der Waals surface area contributed by atoms with E-state index in [2.05, 4.69) is 413 Å². The molecule has 0 amide bonds. The fourth-order valence-electron chi connectivity index (χ4n) is 21.5. The van der Waals surface area contributed by atoms with Crippen LogP contribution < -0.4 is 0 Å². The Balaban J connectivity index is 0.701. The Bertz CT molecular complexity index is 7340. The van der Waals surface area contributed by atoms with Gasteiger partial charge in [-0.05, 0) is 225 Å². The average Bonchev–Trinajstić information content (AvgIpc) is 1.53. The Morgan fingerprint density at radius 1 is 0.209 bits per heavy atom. The second-order valence-electron chi connectivity index (χ2n) is 33.9. The fraction of sp³-hybridized carbons (Fsp3) is 0.0909. The molecule has 0 spiro atoms. The first-order chi connectivity index (χ1) is 56.3. The number of para-hydroxylation sites is 3. The predicted octanol–water partition coefficient (Wildman–Crippen LogP) is 27.7. The molecule has 20 aromatic rings. The van der Waals surface area contributed by atoms with E-state index in [0.717, 1.165) is 83.0 Å². The molecule has 4 aromatic heterocycles. The van der Waals surface area contributed by atoms with Crippen LogP contribution in [0, 0.1) is 0 Å². The van der Waals surface area contributed by atoms with Gasteiger partial charge in [-0.15, -0.1) is 0 Å². The molecule has 115 heavy (non-hydrogen) atoms. The minimum Gasteiger partial charge on any atom is -0.309 e. The van der Waals surface area contributed by atoms with Crippen molar-refractivity contribution in [2.24, 2.45) is 0 Å². The van der Waals surface area contributed by atoms with E-state index in [1.165, 1.54) is 139 Å². The molecule has 16 aromatic carbocycles. The lowest BCUT2D eigenvalue weighted by Crippen LogP contribution is -2.28. The van der Waals surface area contributed by atoms with Crippen LogP contribution >= 0.6 is 0 Å². The molecule has 0 unspecified atom stereocenters. The van der Waals surface area contributed by atoms with Crippen LogP contribution in [0.2, 0.25) is 0 Å². The molecular weight excluding hydrogens is 1390 g/mol. The van der Waals surface area contributed by atoms with Crippen LogP contribution in [0.15, 0.2) is 358 Å². The van der Waals surface area contributed by atoms with E-state index in [4.69, 9.17) is 9.97 Å². The molecule has 24 rings (SSSR count). The highest BCUT2D eigenvalue weighted by Crippen LogP contribution is 2.59. The highest BCUT2D eigenvalue weighted by Gasteiger charge is 2.47. The number of hydrogen-bond donors (Lipinski definition) is 0. The quantitative estimate of drug-likeness (QED) is 0.144. The molecule has 0 saturated carbocycles. The summed E-state index contributed by atoms with van der Waals surface area (Å²) in [7, 11) is 0. The maximum absolute atomic E-state index is 5.94. The van der Waals surface area contributed by atoms with Crippen molar-refractivity contribution >= 4 is 65.4 Å². The molecule has 0 bridgehead atoms. The minimum absolute atomic E-state index is 0.0658. The van der Waals surface area contributed by atoms with Gasteiger partial charge in [0.25, 0.3) is 0 Å². The maximum atomic E-state index is 5.94. The third-order valence-corrected chi connectivity index (χ3v) is 27.0. The van der Waals surface area contributed by atoms with Gasteiger partial charge in [0.15, 0.2) is 0 Å². The molecule has 0 fully saturated rings. The second kappa shape index (κ2) is 23.8. The summed E-state index contributed by atoms with van der Waals surface area (Å²) >= 11 is 0. The van der Waals surface area contributed by atoms with Gasteiger partial charge in [-0.2, -0.15) is 4.98 Å². The molecule has 5 nitrogen and oxygen atoms in total. The summed E-state index contributed by atoms with van der Waals surface area (Å²) in [5, 5.41) is 7.01. The number of aromatic nitrogens is 5. The standard InChI is InChI=1S/C110H77N5/c1-107(2)90-35-19-13-29-76(90)84-57-66(42-51-93(84)107)69-45-54-102-87(60-69)81-32-16-22-38-99(81)113(102)75-48-50-80-79-49-41-72(63-96(79)110(97(80)64-75,73-25-9-7-10-26-73)74-27-11-8-12-28-74)98-65-105(114-100-39-23-17-33-82(100)88-61-70(46-55-103(88)114)67-43-52-94-85(58-67)77-30-14-20-36-91(77)108(94,3)4)112-106(111-98)115-101-40-24-18-34-83(101)89-62-71(47-56-104(89)115)68-44-53-95-86(59-68)78-31-15-21-37-92(78)109(95,5)6/h7-65H,1-6H3. The molecule has 0 radical (unpaired) electrons. The van der Waals surface area contributed by atoms with Gasteiger partial charge in [-0.1, -0.05) is 302 Å². The monoisotopic (exact) mass is 1470 g/mol. The SMILES string of the molecule is CC1(C)c2ccccc2-c2cc(-c3ccc4c(c3)c3ccccc3n4-c3ccc4c(c3)C(c3ccccc3)(c3ccccc3)c3cc(-c5cc(-n6c7ccccc7c7cc(-c8ccc9c(c8)-c8ccccc8C9(C)C)ccc76)nc(-n6c7ccccc7c7cc(-c8ccc9c(c8)-c8ccccc8C9(C)C)ccc76)n5)ccc3-4)ccc21. The first kappa shape index (κ1) is 65.7. The Labute approximate surface area is 668 Å². The van der Waals surface area contributed by atoms with Crippen molar-refractivity contribution in [3.8, 4) is 107 Å². The summed E-state index contributed by atoms with van der Waals surface area (Å²) in [4.78, 5) is 11.9. The van der Waals surface area contributed by atoms with E-state index in [-0.39, 0.29) is 16.2 Å². The van der Waals surface area contributed by atoms with Crippen LogP contribution in [0.1, 0.15) is 97.2 Å². The van der Waals surface area contributed by atoms with Crippen LogP contribution in [-0.2, 0) is 21.7 Å². The molecular formula is C110H77N5. The third-order valence-electron chi connectivity index (χ3n) is 27.0. The van der Waals surface area contributed by atoms with Crippen LogP contribution in [-0.4, -0.2) is 23.7 Å². The first-order valence-corrected chi connectivity index (χ1v) is 40.4. The Kier molecular flexibility index (Phi) is 13.6. The number of fused-ring (bicyclic) bond motifs is 21. The van der Waals surface area contributed by atoms with Gasteiger partial charge in [0.2, 0.25) is 5.95 Å². The molecule has 0 saturated heterocycles. The van der Waals surface area contributed by atoms with Crippen molar-refractivity contribution in [2.75, 3.05) is 0 Å². The molecule has 4 heterocycles. The zero-order valence-corrected chi connectivity index (χ0v) is 64.8. The summed E-state index contributed by atoms with van der Waals surface area (Å²) in [6.45, 7) is 14.1. The number of rotatable bonds is 9. The highest BCUT2D eigenvalue weighted by molar-refractivity contribution is 6.14. The smallest absolute Gasteiger partial charge is 0.237 e. The first-order valence-electron chi connectivity index (χ1n) is 40.4. The number of benzene rings is 16. The number of hydrogen-bond acceptors (Lipinski definition) is 2.